The standard InChI is InChI=1S/C32H28O4/c1-24(2)26-11-15-30(16-12-26)36-31-19-17-29(18-20-31)35-23-22-34-28-13-8-25(9-14-28)10-21-32(33)27-6-4-3-5-7-27/h3-21H,1,22-23H2,2H3/b21-10+. The summed E-state index contributed by atoms with van der Waals surface area (Å²) in [6.07, 6.45) is 3.38. The second kappa shape index (κ2) is 12.2. The van der Waals surface area contributed by atoms with Crippen molar-refractivity contribution in [3.63, 3.8) is 0 Å². The normalized spacial score (nSPS) is 10.7. The molecule has 0 radical (unpaired) electrons. The molecular weight excluding hydrogens is 448 g/mol. The van der Waals surface area contributed by atoms with Gasteiger partial charge in [-0.05, 0) is 72.7 Å². The molecule has 0 aromatic heterocycles. The van der Waals surface area contributed by atoms with Gasteiger partial charge in [0.2, 0.25) is 0 Å². The van der Waals surface area contributed by atoms with Gasteiger partial charge in [0.05, 0.1) is 0 Å². The van der Waals surface area contributed by atoms with Crippen LogP contribution in [0.1, 0.15) is 28.4 Å². The quantitative estimate of drug-likeness (QED) is 0.126. The highest BCUT2D eigenvalue weighted by Crippen LogP contribution is 2.25. The van der Waals surface area contributed by atoms with Crippen molar-refractivity contribution in [2.24, 2.45) is 0 Å². The Morgan fingerprint density at radius 1 is 0.667 bits per heavy atom. The number of ether oxygens (including phenoxy) is 3. The van der Waals surface area contributed by atoms with Crippen LogP contribution in [0.15, 0.2) is 116 Å². The molecule has 0 unspecified atom stereocenters. The van der Waals surface area contributed by atoms with Gasteiger partial charge in [0, 0.05) is 5.56 Å². The molecule has 0 heterocycles. The van der Waals surface area contributed by atoms with Crippen LogP contribution in [0.4, 0.5) is 0 Å². The first-order valence-electron chi connectivity index (χ1n) is 11.7. The maximum absolute atomic E-state index is 12.2. The summed E-state index contributed by atoms with van der Waals surface area (Å²) >= 11 is 0. The smallest absolute Gasteiger partial charge is 0.185 e. The van der Waals surface area contributed by atoms with E-state index >= 15 is 0 Å². The molecule has 4 aromatic rings. The van der Waals surface area contributed by atoms with E-state index in [9.17, 15) is 4.79 Å². The number of ketones is 1. The fraction of sp³-hybridized carbons (Fsp3) is 0.0938. The molecule has 0 atom stereocenters. The Labute approximate surface area is 212 Å². The molecule has 0 fully saturated rings. The van der Waals surface area contributed by atoms with Crippen molar-refractivity contribution in [3.8, 4) is 23.0 Å². The molecule has 0 saturated heterocycles. The van der Waals surface area contributed by atoms with Gasteiger partial charge in [-0.15, -0.1) is 0 Å². The van der Waals surface area contributed by atoms with Crippen LogP contribution in [0.25, 0.3) is 11.6 Å². The van der Waals surface area contributed by atoms with Crippen LogP contribution in [0.3, 0.4) is 0 Å². The summed E-state index contributed by atoms with van der Waals surface area (Å²) in [5, 5.41) is 0. The van der Waals surface area contributed by atoms with Crippen molar-refractivity contribution in [2.75, 3.05) is 13.2 Å². The second-order valence-corrected chi connectivity index (χ2v) is 8.21. The van der Waals surface area contributed by atoms with Gasteiger partial charge in [0.1, 0.15) is 36.2 Å². The summed E-state index contributed by atoms with van der Waals surface area (Å²) in [7, 11) is 0. The Hall–Kier alpha value is -4.57. The highest BCUT2D eigenvalue weighted by atomic mass is 16.5. The number of carbonyl (C=O) groups excluding carboxylic acids is 1. The molecule has 4 nitrogen and oxygen atoms in total. The van der Waals surface area contributed by atoms with Crippen LogP contribution in [0.5, 0.6) is 23.0 Å². The molecule has 36 heavy (non-hydrogen) atoms. The van der Waals surface area contributed by atoms with Crippen LogP contribution < -0.4 is 14.2 Å². The molecular formula is C32H28O4. The Bertz CT molecular complexity index is 1300. The van der Waals surface area contributed by atoms with E-state index < -0.39 is 0 Å². The molecule has 4 aromatic carbocycles. The lowest BCUT2D eigenvalue weighted by molar-refractivity contribution is 0.104. The SMILES string of the molecule is C=C(C)c1ccc(Oc2ccc(OCCOc3ccc(/C=C/C(=O)c4ccccc4)cc3)cc2)cc1. The van der Waals surface area contributed by atoms with Crippen molar-refractivity contribution < 1.29 is 19.0 Å². The third-order valence-corrected chi connectivity index (χ3v) is 5.39. The van der Waals surface area contributed by atoms with Gasteiger partial charge < -0.3 is 14.2 Å². The first kappa shape index (κ1) is 24.6. The number of carbonyl (C=O) groups is 1. The van der Waals surface area contributed by atoms with Crippen molar-refractivity contribution in [3.05, 3.63) is 132 Å². The molecule has 4 heteroatoms. The first-order valence-corrected chi connectivity index (χ1v) is 11.7. The van der Waals surface area contributed by atoms with Crippen molar-refractivity contribution in [1.29, 1.82) is 0 Å². The summed E-state index contributed by atoms with van der Waals surface area (Å²) < 4.78 is 17.4. The third kappa shape index (κ3) is 7.21. The Balaban J connectivity index is 1.19. The number of hydrogen-bond donors (Lipinski definition) is 0. The summed E-state index contributed by atoms with van der Waals surface area (Å²) in [6.45, 7) is 6.75. The van der Waals surface area contributed by atoms with Crippen molar-refractivity contribution in [2.45, 2.75) is 6.92 Å². The van der Waals surface area contributed by atoms with E-state index in [-0.39, 0.29) is 5.78 Å². The predicted octanol–water partition coefficient (Wildman–Crippen LogP) is 7.87. The zero-order valence-electron chi connectivity index (χ0n) is 20.2. The van der Waals surface area contributed by atoms with Crippen molar-refractivity contribution in [1.82, 2.24) is 0 Å². The van der Waals surface area contributed by atoms with Gasteiger partial charge in [-0.3, -0.25) is 4.79 Å². The van der Waals surface area contributed by atoms with Gasteiger partial charge in [0.15, 0.2) is 5.78 Å². The minimum absolute atomic E-state index is 0.0232. The molecule has 0 saturated carbocycles. The highest BCUT2D eigenvalue weighted by Gasteiger charge is 2.02. The fourth-order valence-electron chi connectivity index (χ4n) is 3.41. The van der Waals surface area contributed by atoms with E-state index in [1.165, 1.54) is 0 Å². The average molecular weight is 477 g/mol. The lowest BCUT2D eigenvalue weighted by Crippen LogP contribution is -2.08. The largest absolute Gasteiger partial charge is 0.490 e. The number of allylic oxidation sites excluding steroid dienone is 2. The van der Waals surface area contributed by atoms with E-state index in [1.807, 2.05) is 97.9 Å². The number of benzene rings is 4. The molecule has 0 bridgehead atoms. The molecule has 0 aliphatic heterocycles. The zero-order chi connectivity index (χ0) is 25.2. The first-order chi connectivity index (χ1) is 17.6. The van der Waals surface area contributed by atoms with E-state index in [0.29, 0.717) is 18.8 Å². The van der Waals surface area contributed by atoms with Crippen LogP contribution in [-0.2, 0) is 0 Å². The van der Waals surface area contributed by atoms with Gasteiger partial charge in [-0.2, -0.15) is 0 Å². The zero-order valence-corrected chi connectivity index (χ0v) is 20.2. The van der Waals surface area contributed by atoms with E-state index in [2.05, 4.69) is 6.58 Å². The summed E-state index contributed by atoms with van der Waals surface area (Å²) in [4.78, 5) is 12.2. The molecule has 0 amide bonds. The molecule has 0 spiro atoms. The molecule has 0 aliphatic carbocycles. The van der Waals surface area contributed by atoms with Gasteiger partial charge >= 0.3 is 0 Å². The van der Waals surface area contributed by atoms with Gasteiger partial charge in [-0.25, -0.2) is 0 Å². The summed E-state index contributed by atoms with van der Waals surface area (Å²) in [5.41, 5.74) is 3.71. The van der Waals surface area contributed by atoms with Crippen LogP contribution in [0, 0.1) is 0 Å². The lowest BCUT2D eigenvalue weighted by atomic mass is 10.1. The van der Waals surface area contributed by atoms with E-state index in [1.54, 1.807) is 24.3 Å². The topological polar surface area (TPSA) is 44.8 Å². The second-order valence-electron chi connectivity index (χ2n) is 8.21. The lowest BCUT2D eigenvalue weighted by Gasteiger charge is -2.10. The fourth-order valence-corrected chi connectivity index (χ4v) is 3.41. The van der Waals surface area contributed by atoms with Crippen LogP contribution in [0.2, 0.25) is 0 Å². The molecule has 0 N–H and O–H groups in total. The maximum Gasteiger partial charge on any atom is 0.185 e. The Morgan fingerprint density at radius 3 is 1.72 bits per heavy atom. The van der Waals surface area contributed by atoms with Gasteiger partial charge in [-0.1, -0.05) is 72.8 Å². The summed E-state index contributed by atoms with van der Waals surface area (Å²) in [5.74, 6) is 2.97. The maximum atomic E-state index is 12.2. The Kier molecular flexibility index (Phi) is 8.34. The Morgan fingerprint density at radius 2 is 1.17 bits per heavy atom. The predicted molar refractivity (Wildman–Crippen MR) is 145 cm³/mol. The number of hydrogen-bond acceptors (Lipinski definition) is 4. The molecule has 4 rings (SSSR count). The third-order valence-electron chi connectivity index (χ3n) is 5.39. The van der Waals surface area contributed by atoms with Gasteiger partial charge in [0.25, 0.3) is 0 Å². The van der Waals surface area contributed by atoms with Crippen LogP contribution >= 0.6 is 0 Å². The van der Waals surface area contributed by atoms with Crippen molar-refractivity contribution >= 4 is 17.4 Å². The molecule has 180 valence electrons. The number of rotatable bonds is 11. The van der Waals surface area contributed by atoms with Crippen LogP contribution in [-0.4, -0.2) is 19.0 Å². The monoisotopic (exact) mass is 476 g/mol. The minimum Gasteiger partial charge on any atom is -0.490 e. The summed E-state index contributed by atoms with van der Waals surface area (Å²) in [6, 6.07) is 32.1. The van der Waals surface area contributed by atoms with E-state index in [4.69, 9.17) is 14.2 Å². The molecule has 0 aliphatic rings. The van der Waals surface area contributed by atoms with E-state index in [0.717, 1.165) is 39.7 Å². The highest BCUT2D eigenvalue weighted by molar-refractivity contribution is 6.06. The minimum atomic E-state index is -0.0232. The average Bonchev–Trinajstić information content (AvgIpc) is 2.92.